The number of carbonyl (C=O) groups excluding carboxylic acids is 1. The first-order valence-corrected chi connectivity index (χ1v) is 10.6. The van der Waals surface area contributed by atoms with Gasteiger partial charge in [0.05, 0.1) is 13.2 Å². The molecule has 1 N–H and O–H groups in total. The zero-order valence-corrected chi connectivity index (χ0v) is 17.2. The summed E-state index contributed by atoms with van der Waals surface area (Å²) in [5, 5.41) is 3.11. The highest BCUT2D eigenvalue weighted by molar-refractivity contribution is 5.91. The van der Waals surface area contributed by atoms with Crippen LogP contribution in [0.25, 0.3) is 0 Å². The summed E-state index contributed by atoms with van der Waals surface area (Å²) in [6, 6.07) is 28.6. The van der Waals surface area contributed by atoms with Crippen LogP contribution < -0.4 is 5.32 Å². The summed E-state index contributed by atoms with van der Waals surface area (Å²) in [4.78, 5) is 15.3. The molecule has 0 spiro atoms. The van der Waals surface area contributed by atoms with E-state index in [-0.39, 0.29) is 11.8 Å². The summed E-state index contributed by atoms with van der Waals surface area (Å²) in [6.45, 7) is 4.36. The summed E-state index contributed by atoms with van der Waals surface area (Å²) >= 11 is 0. The number of carbonyl (C=O) groups is 1. The van der Waals surface area contributed by atoms with E-state index in [0.29, 0.717) is 6.42 Å². The maximum Gasteiger partial charge on any atom is 0.225 e. The van der Waals surface area contributed by atoms with Crippen LogP contribution in [0.15, 0.2) is 84.9 Å². The highest BCUT2D eigenvalue weighted by Gasteiger charge is 2.18. The Labute approximate surface area is 178 Å². The first-order valence-electron chi connectivity index (χ1n) is 10.6. The smallest absolute Gasteiger partial charge is 0.225 e. The lowest BCUT2D eigenvalue weighted by molar-refractivity contribution is -0.116. The quantitative estimate of drug-likeness (QED) is 0.626. The van der Waals surface area contributed by atoms with E-state index in [1.165, 1.54) is 5.56 Å². The van der Waals surface area contributed by atoms with Gasteiger partial charge in [-0.15, -0.1) is 0 Å². The van der Waals surface area contributed by atoms with Crippen molar-refractivity contribution in [3.63, 3.8) is 0 Å². The van der Waals surface area contributed by atoms with E-state index in [0.717, 1.165) is 49.7 Å². The van der Waals surface area contributed by atoms with Gasteiger partial charge in [-0.25, -0.2) is 0 Å². The van der Waals surface area contributed by atoms with Crippen molar-refractivity contribution >= 4 is 11.6 Å². The topological polar surface area (TPSA) is 41.6 Å². The van der Waals surface area contributed by atoms with E-state index in [1.807, 2.05) is 48.5 Å². The van der Waals surface area contributed by atoms with Crippen LogP contribution in [0.4, 0.5) is 5.69 Å². The van der Waals surface area contributed by atoms with E-state index < -0.39 is 0 Å². The van der Waals surface area contributed by atoms with Crippen molar-refractivity contribution in [2.75, 3.05) is 31.6 Å². The molecule has 1 aliphatic heterocycles. The molecule has 4 heteroatoms. The summed E-state index contributed by atoms with van der Waals surface area (Å²) in [5.74, 6) is 0.0557. The summed E-state index contributed by atoms with van der Waals surface area (Å²) in [5.41, 5.74) is 4.36. The second-order valence-corrected chi connectivity index (χ2v) is 7.72. The molecule has 0 saturated carbocycles. The highest BCUT2D eigenvalue weighted by Crippen LogP contribution is 2.28. The fraction of sp³-hybridized carbons (Fsp3) is 0.269. The number of amides is 1. The van der Waals surface area contributed by atoms with Crippen LogP contribution in [0.2, 0.25) is 0 Å². The van der Waals surface area contributed by atoms with Gasteiger partial charge in [-0.2, -0.15) is 0 Å². The van der Waals surface area contributed by atoms with E-state index in [1.54, 1.807) is 0 Å². The summed E-state index contributed by atoms with van der Waals surface area (Å²) in [7, 11) is 0. The van der Waals surface area contributed by atoms with Crippen molar-refractivity contribution in [3.8, 4) is 0 Å². The average Bonchev–Trinajstić information content (AvgIpc) is 2.80. The number of nitrogens with zero attached hydrogens (tertiary/aromatic N) is 1. The molecule has 3 aromatic rings. The minimum absolute atomic E-state index is 0.0243. The van der Waals surface area contributed by atoms with Gasteiger partial charge in [0.2, 0.25) is 5.91 Å². The number of morpholine rings is 1. The largest absolute Gasteiger partial charge is 0.379 e. The molecule has 0 atom stereocenters. The molecule has 0 unspecified atom stereocenters. The Bertz CT molecular complexity index is 898. The minimum atomic E-state index is 0.0243. The van der Waals surface area contributed by atoms with E-state index in [4.69, 9.17) is 4.74 Å². The highest BCUT2D eigenvalue weighted by atomic mass is 16.5. The van der Waals surface area contributed by atoms with Gasteiger partial charge >= 0.3 is 0 Å². The third-order valence-corrected chi connectivity index (χ3v) is 5.51. The van der Waals surface area contributed by atoms with Crippen molar-refractivity contribution < 1.29 is 9.53 Å². The SMILES string of the molecule is O=C(CC(c1ccccc1)c1ccccc1)Nc1cccc(CN2CCOCC2)c1. The predicted octanol–water partition coefficient (Wildman–Crippen LogP) is 4.68. The van der Waals surface area contributed by atoms with Crippen LogP contribution in [0, 0.1) is 0 Å². The maximum atomic E-state index is 12.9. The first kappa shape index (κ1) is 20.3. The third kappa shape index (κ3) is 5.56. The third-order valence-electron chi connectivity index (χ3n) is 5.51. The molecule has 1 aliphatic rings. The molecule has 1 saturated heterocycles. The Hall–Kier alpha value is -2.95. The normalized spacial score (nSPS) is 14.6. The molecule has 0 aliphatic carbocycles. The maximum absolute atomic E-state index is 12.9. The van der Waals surface area contributed by atoms with Gasteiger partial charge in [-0.1, -0.05) is 72.8 Å². The molecule has 4 nitrogen and oxygen atoms in total. The van der Waals surface area contributed by atoms with Gasteiger partial charge in [-0.3, -0.25) is 9.69 Å². The van der Waals surface area contributed by atoms with Crippen molar-refractivity contribution in [1.29, 1.82) is 0 Å². The van der Waals surface area contributed by atoms with Crippen LogP contribution >= 0.6 is 0 Å². The van der Waals surface area contributed by atoms with Crippen molar-refractivity contribution in [2.45, 2.75) is 18.9 Å². The fourth-order valence-electron chi connectivity index (χ4n) is 3.96. The Morgan fingerprint density at radius 3 is 2.13 bits per heavy atom. The zero-order valence-electron chi connectivity index (χ0n) is 17.2. The second-order valence-electron chi connectivity index (χ2n) is 7.72. The number of hydrogen-bond donors (Lipinski definition) is 1. The van der Waals surface area contributed by atoms with Crippen LogP contribution in [0.1, 0.15) is 29.0 Å². The van der Waals surface area contributed by atoms with E-state index in [9.17, 15) is 4.79 Å². The number of benzene rings is 3. The van der Waals surface area contributed by atoms with Crippen molar-refractivity contribution in [1.82, 2.24) is 4.90 Å². The van der Waals surface area contributed by atoms with Crippen molar-refractivity contribution in [2.24, 2.45) is 0 Å². The number of nitrogens with one attached hydrogen (secondary N) is 1. The standard InChI is InChI=1S/C26H28N2O2/c29-26(19-25(22-9-3-1-4-10-22)23-11-5-2-6-12-23)27-24-13-7-8-21(18-24)20-28-14-16-30-17-15-28/h1-13,18,25H,14-17,19-20H2,(H,27,29). The van der Waals surface area contributed by atoms with E-state index in [2.05, 4.69) is 46.6 Å². The molecule has 30 heavy (non-hydrogen) atoms. The monoisotopic (exact) mass is 400 g/mol. The molecule has 3 aromatic carbocycles. The van der Waals surface area contributed by atoms with Gasteiger partial charge in [0.1, 0.15) is 0 Å². The van der Waals surface area contributed by atoms with Crippen molar-refractivity contribution in [3.05, 3.63) is 102 Å². The number of hydrogen-bond acceptors (Lipinski definition) is 3. The number of rotatable bonds is 7. The molecule has 1 heterocycles. The van der Waals surface area contributed by atoms with Crippen LogP contribution in [0.5, 0.6) is 0 Å². The fourth-order valence-corrected chi connectivity index (χ4v) is 3.96. The van der Waals surface area contributed by atoms with Gasteiger partial charge in [0.15, 0.2) is 0 Å². The average molecular weight is 401 g/mol. The van der Waals surface area contributed by atoms with Gasteiger partial charge in [-0.05, 0) is 28.8 Å². The first-order chi connectivity index (χ1) is 14.8. The second kappa shape index (κ2) is 10.2. The zero-order chi connectivity index (χ0) is 20.6. The Balaban J connectivity index is 1.44. The number of anilines is 1. The van der Waals surface area contributed by atoms with Gasteiger partial charge in [0.25, 0.3) is 0 Å². The predicted molar refractivity (Wildman–Crippen MR) is 121 cm³/mol. The molecule has 0 radical (unpaired) electrons. The molecule has 1 amide bonds. The van der Waals surface area contributed by atoms with Gasteiger partial charge < -0.3 is 10.1 Å². The lowest BCUT2D eigenvalue weighted by atomic mass is 9.88. The summed E-state index contributed by atoms with van der Waals surface area (Å²) in [6.07, 6.45) is 0.404. The van der Waals surface area contributed by atoms with Gasteiger partial charge in [0, 0.05) is 37.7 Å². The Morgan fingerprint density at radius 1 is 0.867 bits per heavy atom. The number of ether oxygens (including phenoxy) is 1. The molecule has 1 fully saturated rings. The molecule has 154 valence electrons. The minimum Gasteiger partial charge on any atom is -0.379 e. The molecule has 0 aromatic heterocycles. The van der Waals surface area contributed by atoms with Crippen LogP contribution in [-0.2, 0) is 16.1 Å². The van der Waals surface area contributed by atoms with Crippen LogP contribution in [-0.4, -0.2) is 37.1 Å². The lowest BCUT2D eigenvalue weighted by Crippen LogP contribution is -2.35. The van der Waals surface area contributed by atoms with E-state index >= 15 is 0 Å². The summed E-state index contributed by atoms with van der Waals surface area (Å²) < 4.78 is 5.42. The molecule has 4 rings (SSSR count). The van der Waals surface area contributed by atoms with Crippen LogP contribution in [0.3, 0.4) is 0 Å². The Morgan fingerprint density at radius 2 is 1.50 bits per heavy atom. The molecular weight excluding hydrogens is 372 g/mol. The molecule has 0 bridgehead atoms. The lowest BCUT2D eigenvalue weighted by Gasteiger charge is -2.26. The molecular formula is C26H28N2O2. The Kier molecular flexibility index (Phi) is 6.91.